The van der Waals surface area contributed by atoms with Crippen molar-refractivity contribution in [3.8, 4) is 5.75 Å². The van der Waals surface area contributed by atoms with Gasteiger partial charge in [0.25, 0.3) is 11.4 Å². The summed E-state index contributed by atoms with van der Waals surface area (Å²) in [5.41, 5.74) is 2.70. The highest BCUT2D eigenvalue weighted by atomic mass is 32.2. The largest absolute Gasteiger partial charge is 0.494 e. The van der Waals surface area contributed by atoms with Gasteiger partial charge in [-0.3, -0.25) is 10.1 Å². The molecule has 0 aliphatic rings. The molecule has 0 aromatic heterocycles. The molecule has 13 heteroatoms. The molecule has 0 atom stereocenters. The van der Waals surface area contributed by atoms with E-state index in [9.17, 15) is 28.4 Å². The van der Waals surface area contributed by atoms with E-state index in [1.807, 2.05) is 0 Å². The molecule has 31 heavy (non-hydrogen) atoms. The number of hydrogen-bond acceptors (Lipinski definition) is 7. The second-order valence-electron chi connectivity index (χ2n) is 6.29. The Morgan fingerprint density at radius 2 is 1.94 bits per heavy atom. The first-order valence-electron chi connectivity index (χ1n) is 8.89. The van der Waals surface area contributed by atoms with E-state index in [2.05, 4.69) is 10.5 Å². The van der Waals surface area contributed by atoms with Crippen molar-refractivity contribution in [3.63, 3.8) is 0 Å². The number of rotatable bonds is 9. The maximum absolute atomic E-state index is 12.4. The highest BCUT2D eigenvalue weighted by Crippen LogP contribution is 2.31. The van der Waals surface area contributed by atoms with Crippen molar-refractivity contribution in [2.75, 3.05) is 33.2 Å². The van der Waals surface area contributed by atoms with E-state index in [1.165, 1.54) is 51.5 Å². The highest BCUT2D eigenvalue weighted by molar-refractivity contribution is 7.89. The summed E-state index contributed by atoms with van der Waals surface area (Å²) in [5.74, 6) is -1.23. The van der Waals surface area contributed by atoms with Crippen molar-refractivity contribution >= 4 is 33.1 Å². The first kappa shape index (κ1) is 23.7. The van der Waals surface area contributed by atoms with Gasteiger partial charge in [-0.2, -0.15) is 0 Å². The number of carboxylic acids is 1. The highest BCUT2D eigenvalue weighted by Gasteiger charge is 2.28. The number of hydrogen-bond donors (Lipinski definition) is 2. The molecule has 0 bridgehead atoms. The quantitative estimate of drug-likeness (QED) is 0.255. The third kappa shape index (κ3) is 5.13. The minimum Gasteiger partial charge on any atom is -0.494 e. The zero-order valence-electron chi connectivity index (χ0n) is 17.3. The summed E-state index contributed by atoms with van der Waals surface area (Å²) in [4.78, 5) is 23.2. The van der Waals surface area contributed by atoms with Crippen molar-refractivity contribution in [2.24, 2.45) is 5.11 Å². The molecule has 0 aliphatic carbocycles. The summed E-state index contributed by atoms with van der Waals surface area (Å²) >= 11 is 0. The van der Waals surface area contributed by atoms with Crippen LogP contribution in [0.3, 0.4) is 0 Å². The van der Waals surface area contributed by atoms with Crippen LogP contribution in [0.2, 0.25) is 0 Å². The second-order valence-corrected chi connectivity index (χ2v) is 8.45. The van der Waals surface area contributed by atoms with Crippen LogP contribution in [0, 0.1) is 10.1 Å². The lowest BCUT2D eigenvalue weighted by Crippen LogP contribution is -2.23. The third-order valence-electron chi connectivity index (χ3n) is 4.11. The van der Waals surface area contributed by atoms with Crippen molar-refractivity contribution < 1.29 is 32.8 Å². The lowest BCUT2D eigenvalue weighted by atomic mass is 10.2. The predicted octanol–water partition coefficient (Wildman–Crippen LogP) is 2.70. The van der Waals surface area contributed by atoms with E-state index in [0.717, 1.165) is 15.2 Å². The summed E-state index contributed by atoms with van der Waals surface area (Å²) in [5, 5.41) is 24.9. The molecule has 2 aromatic rings. The first-order chi connectivity index (χ1) is 14.5. The van der Waals surface area contributed by atoms with E-state index >= 15 is 0 Å². The Hall–Kier alpha value is -3.58. The molecule has 166 valence electrons. The summed E-state index contributed by atoms with van der Waals surface area (Å²) in [6.07, 6.45) is 0. The van der Waals surface area contributed by atoms with Crippen LogP contribution in [-0.4, -0.2) is 61.3 Å². The van der Waals surface area contributed by atoms with Crippen LogP contribution in [0.15, 0.2) is 46.4 Å². The number of carbonyl (C=O) groups is 1. The Balaban J connectivity index is 2.59. The number of nitro benzene ring substituents is 1. The fraction of sp³-hybridized carbons (Fsp3) is 0.278. The van der Waals surface area contributed by atoms with Crippen molar-refractivity contribution in [1.29, 1.82) is 0 Å². The number of hydrazine groups is 1. The van der Waals surface area contributed by atoms with Gasteiger partial charge in [-0.15, -0.1) is 5.43 Å². The van der Waals surface area contributed by atoms with Gasteiger partial charge in [0.05, 0.1) is 23.0 Å². The monoisotopic (exact) mass is 452 g/mol. The van der Waals surface area contributed by atoms with E-state index in [1.54, 1.807) is 6.92 Å². The number of methoxy groups -OCH3 is 1. The molecule has 0 amide bonds. The number of nitrogens with one attached hydrogen (secondary N) is 1. The molecule has 2 N–H and O–H groups in total. The molecule has 12 nitrogen and oxygen atoms in total. The molecular weight excluding hydrogens is 430 g/mol. The average molecular weight is 452 g/mol. The number of aromatic carboxylic acids is 1. The van der Waals surface area contributed by atoms with Crippen molar-refractivity contribution in [1.82, 2.24) is 4.31 Å². The zero-order chi connectivity index (χ0) is 23.3. The smallest absolute Gasteiger partial charge is 0.342 e. The summed E-state index contributed by atoms with van der Waals surface area (Å²) < 4.78 is 30.9. The fourth-order valence-corrected chi connectivity index (χ4v) is 3.48. The van der Waals surface area contributed by atoms with Crippen LogP contribution in [0.1, 0.15) is 17.3 Å². The number of nitro groups is 1. The van der Waals surface area contributed by atoms with Gasteiger partial charge in [0.15, 0.2) is 5.75 Å². The normalized spacial score (nSPS) is 12.0. The number of non-ortho nitro benzene ring substituents is 1. The fourth-order valence-electron chi connectivity index (χ4n) is 2.56. The number of nitrogens with zero attached hydrogens (tertiary/aromatic N) is 4. The van der Waals surface area contributed by atoms with Crippen LogP contribution in [0.4, 0.5) is 17.1 Å². The lowest BCUT2D eigenvalue weighted by Gasteiger charge is -2.12. The number of carboxylic acid groups (broad SMARTS) is 1. The van der Waals surface area contributed by atoms with Crippen LogP contribution in [0.5, 0.6) is 5.75 Å². The van der Waals surface area contributed by atoms with Gasteiger partial charge in [0.1, 0.15) is 17.8 Å². The Labute approximate surface area is 178 Å². The van der Waals surface area contributed by atoms with E-state index in [0.29, 0.717) is 0 Å². The van der Waals surface area contributed by atoms with Gasteiger partial charge >= 0.3 is 5.97 Å². The molecule has 0 fully saturated rings. The lowest BCUT2D eigenvalue weighted by molar-refractivity contribution is -0.482. The number of azo groups is 1. The molecule has 0 saturated heterocycles. The van der Waals surface area contributed by atoms with Gasteiger partial charge in [-0.05, 0) is 30.2 Å². The van der Waals surface area contributed by atoms with Crippen LogP contribution < -0.4 is 10.2 Å². The Kier molecular flexibility index (Phi) is 7.25. The number of ether oxygens (including phenoxy) is 1. The van der Waals surface area contributed by atoms with Gasteiger partial charge in [0, 0.05) is 31.0 Å². The Morgan fingerprint density at radius 1 is 1.26 bits per heavy atom. The average Bonchev–Trinajstić information content (AvgIpc) is 2.72. The maximum atomic E-state index is 12.4. The van der Waals surface area contributed by atoms with E-state index in [-0.39, 0.29) is 39.8 Å². The molecular formula is C18H22N5O7S+. The third-order valence-corrected chi connectivity index (χ3v) is 5.92. The zero-order valence-corrected chi connectivity index (χ0v) is 18.1. The van der Waals surface area contributed by atoms with Gasteiger partial charge in [-0.25, -0.2) is 17.5 Å². The van der Waals surface area contributed by atoms with Gasteiger partial charge in [0.2, 0.25) is 10.0 Å². The molecule has 2 rings (SSSR count). The van der Waals surface area contributed by atoms with Crippen molar-refractivity contribution in [3.05, 3.63) is 52.1 Å². The minimum atomic E-state index is -3.85. The molecule has 0 spiro atoms. The summed E-state index contributed by atoms with van der Waals surface area (Å²) in [7, 11) is 0.151. The van der Waals surface area contributed by atoms with Gasteiger partial charge < -0.3 is 9.84 Å². The number of sulfonamides is 1. The number of anilines is 1. The number of benzene rings is 2. The predicted molar refractivity (Wildman–Crippen MR) is 110 cm³/mol. The standard InChI is InChI=1S/C18H21N5O7S/c1-5-19-22(20-15-8-6-12(23(26)27)10-17(15)30-4)16-9-7-13(11-14(16)18(24)25)31(28,29)21(2)3/h6-11H,5H2,1-4H3,(H-,19,20,24,25)/p+1. The summed E-state index contributed by atoms with van der Waals surface area (Å²) in [6, 6.07) is 7.46. The molecule has 2 aromatic carbocycles. The second kappa shape index (κ2) is 9.49. The maximum Gasteiger partial charge on any atom is 0.342 e. The molecule has 0 aliphatic heterocycles. The van der Waals surface area contributed by atoms with Gasteiger partial charge in [-0.1, -0.05) is 0 Å². The molecule has 0 radical (unpaired) electrons. The topological polar surface area (TPSA) is 154 Å². The van der Waals surface area contributed by atoms with Crippen LogP contribution in [-0.2, 0) is 10.0 Å². The SMILES string of the molecule is CCN=[N+](Nc1ccc([N+](=O)[O-])cc1OC)c1ccc(S(=O)(=O)N(C)C)cc1C(=O)O. The van der Waals surface area contributed by atoms with Crippen LogP contribution >= 0.6 is 0 Å². The van der Waals surface area contributed by atoms with Crippen LogP contribution in [0.25, 0.3) is 0 Å². The Bertz CT molecular complexity index is 1150. The van der Waals surface area contributed by atoms with E-state index in [4.69, 9.17) is 4.74 Å². The Morgan fingerprint density at radius 3 is 2.45 bits per heavy atom. The summed E-state index contributed by atoms with van der Waals surface area (Å²) in [6.45, 7) is 1.96. The first-order valence-corrected chi connectivity index (χ1v) is 10.3. The molecule has 0 saturated carbocycles. The molecule has 0 unspecified atom stereocenters. The van der Waals surface area contributed by atoms with Crippen molar-refractivity contribution in [2.45, 2.75) is 11.8 Å². The molecule has 0 heterocycles. The minimum absolute atomic E-state index is 0.0625. The van der Waals surface area contributed by atoms with E-state index < -0.39 is 20.9 Å².